The number of carbonyl (C=O) groups excluding carboxylic acids is 1. The molecule has 0 aromatic heterocycles. The van der Waals surface area contributed by atoms with Gasteiger partial charge in [-0.2, -0.15) is 4.31 Å². The fourth-order valence-corrected chi connectivity index (χ4v) is 5.37. The lowest BCUT2D eigenvalue weighted by Crippen LogP contribution is -2.32. The van der Waals surface area contributed by atoms with Crippen LogP contribution in [-0.2, 0) is 27.7 Å². The minimum Gasteiger partial charge on any atom is -0.481 e. The number of rotatable bonds is 9. The van der Waals surface area contributed by atoms with E-state index >= 15 is 0 Å². The van der Waals surface area contributed by atoms with Crippen molar-refractivity contribution in [1.82, 2.24) is 4.31 Å². The molecule has 1 N–H and O–H groups in total. The molecule has 0 saturated heterocycles. The fraction of sp³-hybridized carbons (Fsp3) is 0.458. The van der Waals surface area contributed by atoms with Crippen molar-refractivity contribution in [3.63, 3.8) is 0 Å². The second-order valence-corrected chi connectivity index (χ2v) is 9.69. The third-order valence-corrected chi connectivity index (χ3v) is 7.79. The molecule has 1 aliphatic rings. The van der Waals surface area contributed by atoms with E-state index in [1.807, 2.05) is 26.8 Å². The first-order valence-corrected chi connectivity index (χ1v) is 12.5. The van der Waals surface area contributed by atoms with Gasteiger partial charge in [0.15, 0.2) is 6.10 Å². The Morgan fingerprint density at radius 1 is 1.00 bits per heavy atom. The van der Waals surface area contributed by atoms with Crippen LogP contribution in [0.25, 0.3) is 0 Å². The molecular formula is C24H32N2O4S. The van der Waals surface area contributed by atoms with Gasteiger partial charge in [-0.3, -0.25) is 4.79 Å². The number of nitrogens with zero attached hydrogens (tertiary/aromatic N) is 1. The number of sulfonamides is 1. The lowest BCUT2D eigenvalue weighted by atomic mass is 9.92. The van der Waals surface area contributed by atoms with E-state index in [1.165, 1.54) is 40.4 Å². The van der Waals surface area contributed by atoms with Crippen molar-refractivity contribution in [2.75, 3.05) is 18.4 Å². The second kappa shape index (κ2) is 10.3. The zero-order chi connectivity index (χ0) is 22.4. The van der Waals surface area contributed by atoms with Gasteiger partial charge in [-0.25, -0.2) is 8.42 Å². The van der Waals surface area contributed by atoms with E-state index in [9.17, 15) is 13.2 Å². The number of fused-ring (bicyclic) bond motifs is 1. The van der Waals surface area contributed by atoms with Gasteiger partial charge in [-0.05, 0) is 79.6 Å². The molecule has 2 aromatic carbocycles. The van der Waals surface area contributed by atoms with Gasteiger partial charge >= 0.3 is 0 Å². The Labute approximate surface area is 185 Å². The normalized spacial score (nSPS) is 14.7. The highest BCUT2D eigenvalue weighted by molar-refractivity contribution is 7.89. The van der Waals surface area contributed by atoms with Crippen LogP contribution in [0.2, 0.25) is 0 Å². The van der Waals surface area contributed by atoms with Crippen molar-refractivity contribution in [1.29, 1.82) is 0 Å². The van der Waals surface area contributed by atoms with Gasteiger partial charge in [-0.15, -0.1) is 0 Å². The van der Waals surface area contributed by atoms with Gasteiger partial charge in [0.05, 0.1) is 4.90 Å². The van der Waals surface area contributed by atoms with E-state index in [2.05, 4.69) is 17.4 Å². The van der Waals surface area contributed by atoms with E-state index in [1.54, 1.807) is 12.1 Å². The Hall–Kier alpha value is -2.38. The number of aryl methyl sites for hydroxylation is 2. The zero-order valence-electron chi connectivity index (χ0n) is 18.6. The van der Waals surface area contributed by atoms with Crippen LogP contribution in [0.3, 0.4) is 0 Å². The Morgan fingerprint density at radius 3 is 2.26 bits per heavy atom. The zero-order valence-corrected chi connectivity index (χ0v) is 19.4. The Kier molecular flexibility index (Phi) is 7.73. The Morgan fingerprint density at radius 2 is 1.65 bits per heavy atom. The number of carbonyl (C=O) groups is 1. The van der Waals surface area contributed by atoms with E-state index in [-0.39, 0.29) is 10.8 Å². The molecule has 0 fully saturated rings. The summed E-state index contributed by atoms with van der Waals surface area (Å²) in [5.41, 5.74) is 3.22. The van der Waals surface area contributed by atoms with Crippen LogP contribution in [0.15, 0.2) is 47.4 Å². The summed E-state index contributed by atoms with van der Waals surface area (Å²) in [6.07, 6.45) is 4.47. The number of hydrogen-bond acceptors (Lipinski definition) is 4. The van der Waals surface area contributed by atoms with Gasteiger partial charge in [0.25, 0.3) is 5.91 Å². The number of anilines is 1. The standard InChI is InChI=1S/C24H32N2O4S/c1-4-23(30-21-14-11-18-9-7-8-10-19(18)17-21)24(27)25-20-12-15-22(16-13-20)31(28,29)26(5-2)6-3/h11-17,23H,4-10H2,1-3H3,(H,25,27)/t23-/m1/s1. The topological polar surface area (TPSA) is 75.7 Å². The molecule has 0 saturated carbocycles. The number of ether oxygens (including phenoxy) is 1. The quantitative estimate of drug-likeness (QED) is 0.622. The van der Waals surface area contributed by atoms with Crippen LogP contribution in [0.4, 0.5) is 5.69 Å². The number of hydrogen-bond donors (Lipinski definition) is 1. The van der Waals surface area contributed by atoms with Crippen LogP contribution < -0.4 is 10.1 Å². The highest BCUT2D eigenvalue weighted by Gasteiger charge is 2.23. The van der Waals surface area contributed by atoms with Crippen LogP contribution >= 0.6 is 0 Å². The molecule has 31 heavy (non-hydrogen) atoms. The van der Waals surface area contributed by atoms with E-state index in [4.69, 9.17) is 4.74 Å². The number of amides is 1. The first-order valence-electron chi connectivity index (χ1n) is 11.1. The molecule has 0 aliphatic heterocycles. The minimum atomic E-state index is -3.52. The van der Waals surface area contributed by atoms with E-state index in [0.29, 0.717) is 30.9 Å². The van der Waals surface area contributed by atoms with Crippen LogP contribution in [-0.4, -0.2) is 37.8 Å². The molecule has 1 atom stereocenters. The van der Waals surface area contributed by atoms with Gasteiger partial charge < -0.3 is 10.1 Å². The van der Waals surface area contributed by atoms with Crippen LogP contribution in [0.5, 0.6) is 5.75 Å². The molecule has 0 unspecified atom stereocenters. The van der Waals surface area contributed by atoms with Crippen molar-refractivity contribution < 1.29 is 17.9 Å². The molecule has 1 amide bonds. The van der Waals surface area contributed by atoms with Crippen molar-refractivity contribution in [2.45, 2.75) is 63.9 Å². The Bertz CT molecular complexity index is 999. The average Bonchev–Trinajstić information content (AvgIpc) is 2.78. The first kappa shape index (κ1) is 23.3. The molecule has 6 nitrogen and oxygen atoms in total. The third-order valence-electron chi connectivity index (χ3n) is 5.73. The van der Waals surface area contributed by atoms with Gasteiger partial charge in [0.1, 0.15) is 5.75 Å². The summed E-state index contributed by atoms with van der Waals surface area (Å²) < 4.78 is 32.6. The maximum atomic E-state index is 12.8. The lowest BCUT2D eigenvalue weighted by Gasteiger charge is -2.21. The summed E-state index contributed by atoms with van der Waals surface area (Å²) in [6, 6.07) is 12.4. The molecular weight excluding hydrogens is 412 g/mol. The predicted octanol–water partition coefficient (Wildman–Crippen LogP) is 4.39. The number of benzene rings is 2. The molecule has 0 radical (unpaired) electrons. The summed E-state index contributed by atoms with van der Waals surface area (Å²) in [5.74, 6) is 0.461. The van der Waals surface area contributed by atoms with Gasteiger partial charge in [0, 0.05) is 18.8 Å². The van der Waals surface area contributed by atoms with Crippen molar-refractivity contribution >= 4 is 21.6 Å². The highest BCUT2D eigenvalue weighted by Crippen LogP contribution is 2.26. The summed E-state index contributed by atoms with van der Waals surface area (Å²) in [4.78, 5) is 13.0. The predicted molar refractivity (Wildman–Crippen MR) is 123 cm³/mol. The van der Waals surface area contributed by atoms with E-state index in [0.717, 1.165) is 12.8 Å². The molecule has 2 aromatic rings. The lowest BCUT2D eigenvalue weighted by molar-refractivity contribution is -0.122. The van der Waals surface area contributed by atoms with Crippen molar-refractivity contribution in [3.8, 4) is 5.75 Å². The Balaban J connectivity index is 1.67. The summed E-state index contributed by atoms with van der Waals surface area (Å²) in [5, 5.41) is 2.84. The molecule has 0 bridgehead atoms. The smallest absolute Gasteiger partial charge is 0.265 e. The molecule has 0 heterocycles. The second-order valence-electron chi connectivity index (χ2n) is 7.76. The van der Waals surface area contributed by atoms with Crippen molar-refractivity contribution in [2.24, 2.45) is 0 Å². The van der Waals surface area contributed by atoms with E-state index < -0.39 is 16.1 Å². The molecule has 7 heteroatoms. The summed E-state index contributed by atoms with van der Waals surface area (Å²) in [7, 11) is -3.52. The average molecular weight is 445 g/mol. The van der Waals surface area contributed by atoms with Crippen molar-refractivity contribution in [3.05, 3.63) is 53.6 Å². The molecule has 3 rings (SSSR count). The highest BCUT2D eigenvalue weighted by atomic mass is 32.2. The van der Waals surface area contributed by atoms with Crippen LogP contribution in [0.1, 0.15) is 51.2 Å². The summed E-state index contributed by atoms with van der Waals surface area (Å²) >= 11 is 0. The molecule has 1 aliphatic carbocycles. The SMILES string of the molecule is CC[C@@H](Oc1ccc2c(c1)CCCC2)C(=O)Nc1ccc(S(=O)(=O)N(CC)CC)cc1. The largest absolute Gasteiger partial charge is 0.481 e. The van der Waals surface area contributed by atoms with Crippen LogP contribution in [0, 0.1) is 0 Å². The monoisotopic (exact) mass is 444 g/mol. The third kappa shape index (κ3) is 5.46. The fourth-order valence-electron chi connectivity index (χ4n) is 3.92. The maximum absolute atomic E-state index is 12.8. The maximum Gasteiger partial charge on any atom is 0.265 e. The first-order chi connectivity index (χ1) is 14.9. The molecule has 168 valence electrons. The molecule has 0 spiro atoms. The summed E-state index contributed by atoms with van der Waals surface area (Å²) in [6.45, 7) is 6.35. The number of nitrogens with one attached hydrogen (secondary N) is 1. The minimum absolute atomic E-state index is 0.214. The van der Waals surface area contributed by atoms with Gasteiger partial charge in [-0.1, -0.05) is 26.8 Å². The van der Waals surface area contributed by atoms with Gasteiger partial charge in [0.2, 0.25) is 10.0 Å².